The first-order valence-electron chi connectivity index (χ1n) is 6.23. The molecule has 1 unspecified atom stereocenters. The van der Waals surface area contributed by atoms with Crippen LogP contribution in [0.1, 0.15) is 36.3 Å². The van der Waals surface area contributed by atoms with E-state index in [4.69, 9.17) is 0 Å². The lowest BCUT2D eigenvalue weighted by atomic mass is 10.1. The van der Waals surface area contributed by atoms with Crippen LogP contribution >= 0.6 is 0 Å². The maximum atomic E-state index is 11.8. The monoisotopic (exact) mass is 259 g/mol. The number of H-pyrrole nitrogens is 1. The molecule has 6 nitrogen and oxygen atoms in total. The Labute approximate surface area is 111 Å². The quantitative estimate of drug-likeness (QED) is 0.848. The molecule has 0 fully saturated rings. The number of hydrogen-bond donors (Lipinski definition) is 2. The van der Waals surface area contributed by atoms with Gasteiger partial charge in [-0.15, -0.1) is 10.2 Å². The number of carbonyl (C=O) groups excluding carboxylic acids is 1. The lowest BCUT2D eigenvalue weighted by molar-refractivity contribution is -0.121. The summed E-state index contributed by atoms with van der Waals surface area (Å²) in [7, 11) is 0. The van der Waals surface area contributed by atoms with Gasteiger partial charge in [0.25, 0.3) is 0 Å². The van der Waals surface area contributed by atoms with Gasteiger partial charge < -0.3 is 5.32 Å². The average Bonchev–Trinajstić information content (AvgIpc) is 2.90. The van der Waals surface area contributed by atoms with Crippen LogP contribution in [-0.2, 0) is 11.2 Å². The molecule has 6 heteroatoms. The number of amides is 1. The second kappa shape index (κ2) is 6.08. The van der Waals surface area contributed by atoms with Gasteiger partial charge in [0.15, 0.2) is 5.82 Å². The van der Waals surface area contributed by atoms with Gasteiger partial charge in [-0.3, -0.25) is 4.79 Å². The van der Waals surface area contributed by atoms with E-state index in [1.807, 2.05) is 32.0 Å². The zero-order valence-corrected chi connectivity index (χ0v) is 11.1. The summed E-state index contributed by atoms with van der Waals surface area (Å²) in [5, 5.41) is 16.4. The maximum absolute atomic E-state index is 11.8. The normalized spacial score (nSPS) is 12.1. The minimum absolute atomic E-state index is 0.0150. The van der Waals surface area contributed by atoms with E-state index < -0.39 is 0 Å². The molecule has 100 valence electrons. The maximum Gasteiger partial charge on any atom is 0.220 e. The molecule has 1 amide bonds. The minimum Gasteiger partial charge on any atom is -0.346 e. The minimum atomic E-state index is -0.233. The van der Waals surface area contributed by atoms with Crippen LogP contribution in [0.25, 0.3) is 0 Å². The van der Waals surface area contributed by atoms with Crippen molar-refractivity contribution in [1.29, 1.82) is 0 Å². The molecule has 2 N–H and O–H groups in total. The van der Waals surface area contributed by atoms with Gasteiger partial charge in [-0.1, -0.05) is 35.0 Å². The van der Waals surface area contributed by atoms with Crippen molar-refractivity contribution in [3.8, 4) is 0 Å². The van der Waals surface area contributed by atoms with Crippen LogP contribution in [-0.4, -0.2) is 26.5 Å². The van der Waals surface area contributed by atoms with Crippen molar-refractivity contribution in [3.05, 3.63) is 41.2 Å². The van der Waals surface area contributed by atoms with Gasteiger partial charge in [-0.25, -0.2) is 0 Å². The van der Waals surface area contributed by atoms with Crippen LogP contribution in [0.5, 0.6) is 0 Å². The number of aromatic amines is 1. The predicted octanol–water partition coefficient (Wildman–Crippen LogP) is 1.32. The molecule has 0 radical (unpaired) electrons. The number of hydrogen-bond acceptors (Lipinski definition) is 4. The third-order valence-corrected chi connectivity index (χ3v) is 2.85. The number of tetrazole rings is 1. The molecule has 1 aromatic heterocycles. The summed E-state index contributed by atoms with van der Waals surface area (Å²) in [6.45, 7) is 3.87. The molecule has 2 aromatic rings. The summed E-state index contributed by atoms with van der Waals surface area (Å²) in [4.78, 5) is 11.8. The summed E-state index contributed by atoms with van der Waals surface area (Å²) in [6, 6.07) is 7.94. The van der Waals surface area contributed by atoms with Crippen LogP contribution in [0.2, 0.25) is 0 Å². The van der Waals surface area contributed by atoms with E-state index in [-0.39, 0.29) is 11.9 Å². The standard InChI is InChI=1S/C13H17N5O/c1-9-4-3-5-11(8-9)6-7-12(19)14-10(2)13-15-17-18-16-13/h3-5,8,10H,6-7H2,1-2H3,(H,14,19)(H,15,16,17,18). The highest BCUT2D eigenvalue weighted by Crippen LogP contribution is 2.08. The highest BCUT2D eigenvalue weighted by Gasteiger charge is 2.13. The van der Waals surface area contributed by atoms with Crippen molar-refractivity contribution in [2.75, 3.05) is 0 Å². The molecular formula is C13H17N5O. The van der Waals surface area contributed by atoms with Crippen molar-refractivity contribution >= 4 is 5.91 Å². The summed E-state index contributed by atoms with van der Waals surface area (Å²) >= 11 is 0. The summed E-state index contributed by atoms with van der Waals surface area (Å²) in [6.07, 6.45) is 1.18. The van der Waals surface area contributed by atoms with E-state index in [0.717, 1.165) is 6.42 Å². The van der Waals surface area contributed by atoms with Crippen LogP contribution in [0.3, 0.4) is 0 Å². The number of nitrogens with zero attached hydrogens (tertiary/aromatic N) is 3. The third-order valence-electron chi connectivity index (χ3n) is 2.85. The Hall–Kier alpha value is -2.24. The van der Waals surface area contributed by atoms with Crippen LogP contribution < -0.4 is 5.32 Å². The van der Waals surface area contributed by atoms with Gasteiger partial charge >= 0.3 is 0 Å². The van der Waals surface area contributed by atoms with Crippen LogP contribution in [0, 0.1) is 6.92 Å². The first-order chi connectivity index (χ1) is 9.15. The second-order valence-corrected chi connectivity index (χ2v) is 4.55. The largest absolute Gasteiger partial charge is 0.346 e. The number of benzene rings is 1. The Kier molecular flexibility index (Phi) is 4.22. The van der Waals surface area contributed by atoms with Gasteiger partial charge in [-0.05, 0) is 25.8 Å². The molecular weight excluding hydrogens is 242 g/mol. The summed E-state index contributed by atoms with van der Waals surface area (Å²) < 4.78 is 0. The Balaban J connectivity index is 1.82. The molecule has 1 atom stereocenters. The molecule has 0 saturated heterocycles. The highest BCUT2D eigenvalue weighted by molar-refractivity contribution is 5.76. The molecule has 0 aliphatic carbocycles. The fraction of sp³-hybridized carbons (Fsp3) is 0.385. The van der Waals surface area contributed by atoms with E-state index in [1.165, 1.54) is 11.1 Å². The van der Waals surface area contributed by atoms with E-state index >= 15 is 0 Å². The van der Waals surface area contributed by atoms with Crippen molar-refractivity contribution < 1.29 is 4.79 Å². The van der Waals surface area contributed by atoms with Gasteiger partial charge in [0, 0.05) is 6.42 Å². The number of aromatic nitrogens is 4. The molecule has 0 spiro atoms. The van der Waals surface area contributed by atoms with Crippen molar-refractivity contribution in [1.82, 2.24) is 25.9 Å². The summed E-state index contributed by atoms with van der Waals surface area (Å²) in [5.41, 5.74) is 2.38. The molecule has 0 saturated carbocycles. The Morgan fingerprint density at radius 1 is 1.47 bits per heavy atom. The lowest BCUT2D eigenvalue weighted by Gasteiger charge is -2.10. The SMILES string of the molecule is Cc1cccc(CCC(=O)NC(C)c2nn[nH]n2)c1. The van der Waals surface area contributed by atoms with Crippen molar-refractivity contribution in [3.63, 3.8) is 0 Å². The number of aryl methyl sites for hydroxylation is 2. The molecule has 0 bridgehead atoms. The summed E-state index contributed by atoms with van der Waals surface area (Å²) in [5.74, 6) is 0.475. The van der Waals surface area contributed by atoms with Gasteiger partial charge in [-0.2, -0.15) is 5.21 Å². The number of nitrogens with one attached hydrogen (secondary N) is 2. The van der Waals surface area contributed by atoms with E-state index in [0.29, 0.717) is 12.2 Å². The number of carbonyl (C=O) groups is 1. The molecule has 0 aliphatic heterocycles. The zero-order valence-electron chi connectivity index (χ0n) is 11.1. The molecule has 19 heavy (non-hydrogen) atoms. The predicted molar refractivity (Wildman–Crippen MR) is 70.2 cm³/mol. The number of rotatable bonds is 5. The molecule has 0 aliphatic rings. The Morgan fingerprint density at radius 2 is 2.32 bits per heavy atom. The van der Waals surface area contributed by atoms with E-state index in [9.17, 15) is 4.79 Å². The topological polar surface area (TPSA) is 83.6 Å². The highest BCUT2D eigenvalue weighted by atomic mass is 16.1. The van der Waals surface area contributed by atoms with E-state index in [2.05, 4.69) is 32.0 Å². The molecule has 1 aromatic carbocycles. The third kappa shape index (κ3) is 3.87. The molecule has 2 rings (SSSR count). The second-order valence-electron chi connectivity index (χ2n) is 4.55. The first-order valence-corrected chi connectivity index (χ1v) is 6.23. The fourth-order valence-corrected chi connectivity index (χ4v) is 1.86. The zero-order chi connectivity index (χ0) is 13.7. The van der Waals surface area contributed by atoms with Gasteiger partial charge in [0.1, 0.15) is 0 Å². The Bertz CT molecular complexity index is 538. The first kappa shape index (κ1) is 13.2. The van der Waals surface area contributed by atoms with Gasteiger partial charge in [0.2, 0.25) is 5.91 Å². The molecule has 1 heterocycles. The smallest absolute Gasteiger partial charge is 0.220 e. The van der Waals surface area contributed by atoms with Crippen molar-refractivity contribution in [2.24, 2.45) is 0 Å². The lowest BCUT2D eigenvalue weighted by Crippen LogP contribution is -2.27. The van der Waals surface area contributed by atoms with Crippen LogP contribution in [0.15, 0.2) is 24.3 Å². The van der Waals surface area contributed by atoms with E-state index in [1.54, 1.807) is 0 Å². The average molecular weight is 259 g/mol. The van der Waals surface area contributed by atoms with Gasteiger partial charge in [0.05, 0.1) is 6.04 Å². The van der Waals surface area contributed by atoms with Crippen LogP contribution in [0.4, 0.5) is 0 Å². The fourth-order valence-electron chi connectivity index (χ4n) is 1.86. The Morgan fingerprint density at radius 3 is 3.00 bits per heavy atom. The van der Waals surface area contributed by atoms with Crippen molar-refractivity contribution in [2.45, 2.75) is 32.7 Å².